The molecule has 3 heteroatoms. The number of hydrogen-bond acceptors (Lipinski definition) is 2. The normalized spacial score (nSPS) is 31.7. The summed E-state index contributed by atoms with van der Waals surface area (Å²) in [4.78, 5) is 3.18. The van der Waals surface area contributed by atoms with Crippen molar-refractivity contribution in [3.63, 3.8) is 0 Å². The maximum absolute atomic E-state index is 11.0. The van der Waals surface area contributed by atoms with Gasteiger partial charge in [-0.1, -0.05) is 13.0 Å². The number of ether oxygens (including phenoxy) is 1. The van der Waals surface area contributed by atoms with Crippen molar-refractivity contribution in [2.45, 2.75) is 44.3 Å². The molecule has 2 N–H and O–H groups in total. The highest BCUT2D eigenvalue weighted by molar-refractivity contribution is 5.80. The maximum Gasteiger partial charge on any atom is 0.0946 e. The highest BCUT2D eigenvalue weighted by Gasteiger charge is 2.42. The molecular formula is C16H21NO2. The fraction of sp³-hybridized carbons (Fsp3) is 0.500. The van der Waals surface area contributed by atoms with E-state index in [1.165, 1.54) is 0 Å². The standard InChI is InChI=1S/C16H21NO2/c1-3-15(2)11-16(18,7-9-19-15)13-4-5-14-12(10-13)6-8-17-14/h4-6,8,10,17-18H,3,7,9,11H2,1-2H3. The van der Waals surface area contributed by atoms with Gasteiger partial charge in [-0.05, 0) is 42.5 Å². The highest BCUT2D eigenvalue weighted by Crippen LogP contribution is 2.41. The van der Waals surface area contributed by atoms with Crippen LogP contribution in [-0.4, -0.2) is 22.3 Å². The summed E-state index contributed by atoms with van der Waals surface area (Å²) in [5, 5.41) is 12.2. The SMILES string of the molecule is CCC1(C)CC(O)(c2ccc3[nH]ccc3c2)CCO1. The highest BCUT2D eigenvalue weighted by atomic mass is 16.5. The van der Waals surface area contributed by atoms with Crippen molar-refractivity contribution in [2.24, 2.45) is 0 Å². The molecule has 2 atom stereocenters. The molecule has 0 amide bonds. The summed E-state index contributed by atoms with van der Waals surface area (Å²) >= 11 is 0. The number of H-pyrrole nitrogens is 1. The predicted molar refractivity (Wildman–Crippen MR) is 76.1 cm³/mol. The second-order valence-electron chi connectivity index (χ2n) is 5.89. The van der Waals surface area contributed by atoms with Gasteiger partial charge in [-0.2, -0.15) is 0 Å². The van der Waals surface area contributed by atoms with Gasteiger partial charge < -0.3 is 14.8 Å². The minimum atomic E-state index is -0.769. The van der Waals surface area contributed by atoms with E-state index >= 15 is 0 Å². The summed E-state index contributed by atoms with van der Waals surface area (Å²) < 4.78 is 5.84. The van der Waals surface area contributed by atoms with E-state index in [9.17, 15) is 5.11 Å². The van der Waals surface area contributed by atoms with E-state index in [2.05, 4.69) is 24.9 Å². The lowest BCUT2D eigenvalue weighted by Gasteiger charge is -2.43. The molecule has 1 aromatic heterocycles. The minimum Gasteiger partial charge on any atom is -0.385 e. The fourth-order valence-electron chi connectivity index (χ4n) is 3.04. The Morgan fingerprint density at radius 1 is 1.37 bits per heavy atom. The molecule has 0 spiro atoms. The molecule has 1 saturated heterocycles. The first-order valence-electron chi connectivity index (χ1n) is 6.99. The molecule has 2 heterocycles. The zero-order valence-electron chi connectivity index (χ0n) is 11.6. The van der Waals surface area contributed by atoms with E-state index < -0.39 is 5.60 Å². The molecule has 0 saturated carbocycles. The molecule has 0 bridgehead atoms. The van der Waals surface area contributed by atoms with Gasteiger partial charge in [0.15, 0.2) is 0 Å². The predicted octanol–water partition coefficient (Wildman–Crippen LogP) is 3.33. The Bertz CT molecular complexity index is 591. The van der Waals surface area contributed by atoms with Crippen LogP contribution < -0.4 is 0 Å². The van der Waals surface area contributed by atoms with Crippen molar-refractivity contribution in [3.05, 3.63) is 36.0 Å². The third kappa shape index (κ3) is 2.17. The number of aromatic amines is 1. The van der Waals surface area contributed by atoms with E-state index in [0.717, 1.165) is 22.9 Å². The van der Waals surface area contributed by atoms with Gasteiger partial charge >= 0.3 is 0 Å². The van der Waals surface area contributed by atoms with Gasteiger partial charge in [0.2, 0.25) is 0 Å². The Labute approximate surface area is 113 Å². The molecule has 1 aliphatic heterocycles. The van der Waals surface area contributed by atoms with Crippen LogP contribution in [0.15, 0.2) is 30.5 Å². The number of aromatic nitrogens is 1. The Balaban J connectivity index is 1.98. The topological polar surface area (TPSA) is 45.2 Å². The number of hydrogen-bond donors (Lipinski definition) is 2. The summed E-state index contributed by atoms with van der Waals surface area (Å²) in [6.07, 6.45) is 4.17. The maximum atomic E-state index is 11.0. The van der Waals surface area contributed by atoms with Gasteiger partial charge in [0, 0.05) is 24.6 Å². The zero-order valence-corrected chi connectivity index (χ0v) is 11.6. The average Bonchev–Trinajstić information content (AvgIpc) is 2.85. The van der Waals surface area contributed by atoms with E-state index in [0.29, 0.717) is 19.4 Å². The van der Waals surface area contributed by atoms with Crippen LogP contribution in [0.25, 0.3) is 10.9 Å². The van der Waals surface area contributed by atoms with E-state index in [1.807, 2.05) is 24.4 Å². The van der Waals surface area contributed by atoms with Gasteiger partial charge in [0.05, 0.1) is 17.8 Å². The van der Waals surface area contributed by atoms with E-state index in [4.69, 9.17) is 4.74 Å². The van der Waals surface area contributed by atoms with Crippen molar-refractivity contribution < 1.29 is 9.84 Å². The summed E-state index contributed by atoms with van der Waals surface area (Å²) in [5.41, 5.74) is 1.12. The molecule has 2 unspecified atom stereocenters. The van der Waals surface area contributed by atoms with Crippen LogP contribution in [0.4, 0.5) is 0 Å². The van der Waals surface area contributed by atoms with Gasteiger partial charge in [0.25, 0.3) is 0 Å². The second kappa shape index (κ2) is 4.36. The molecule has 1 aliphatic rings. The van der Waals surface area contributed by atoms with Crippen LogP contribution in [0.1, 0.15) is 38.7 Å². The fourth-order valence-corrected chi connectivity index (χ4v) is 3.04. The molecule has 102 valence electrons. The lowest BCUT2D eigenvalue weighted by molar-refractivity contribution is -0.157. The van der Waals surface area contributed by atoms with Crippen LogP contribution >= 0.6 is 0 Å². The van der Waals surface area contributed by atoms with Crippen molar-refractivity contribution >= 4 is 10.9 Å². The Hall–Kier alpha value is -1.32. The first-order chi connectivity index (χ1) is 9.05. The van der Waals surface area contributed by atoms with Crippen molar-refractivity contribution in [3.8, 4) is 0 Å². The molecule has 3 rings (SSSR count). The number of fused-ring (bicyclic) bond motifs is 1. The number of aliphatic hydroxyl groups is 1. The third-order valence-corrected chi connectivity index (χ3v) is 4.47. The summed E-state index contributed by atoms with van der Waals surface area (Å²) in [6, 6.07) is 8.20. The molecule has 0 radical (unpaired) electrons. The molecule has 2 aromatic rings. The Morgan fingerprint density at radius 3 is 3.00 bits per heavy atom. The van der Waals surface area contributed by atoms with Crippen molar-refractivity contribution in [1.29, 1.82) is 0 Å². The van der Waals surface area contributed by atoms with Crippen LogP contribution in [0.2, 0.25) is 0 Å². The lowest BCUT2D eigenvalue weighted by Crippen LogP contribution is -2.45. The number of benzene rings is 1. The van der Waals surface area contributed by atoms with E-state index in [-0.39, 0.29) is 5.60 Å². The van der Waals surface area contributed by atoms with Gasteiger partial charge in [0.1, 0.15) is 0 Å². The Morgan fingerprint density at radius 2 is 2.21 bits per heavy atom. The molecular weight excluding hydrogens is 238 g/mol. The number of rotatable bonds is 2. The molecule has 1 aromatic carbocycles. The van der Waals surface area contributed by atoms with Gasteiger partial charge in [-0.15, -0.1) is 0 Å². The average molecular weight is 259 g/mol. The zero-order chi connectivity index (χ0) is 13.5. The lowest BCUT2D eigenvalue weighted by atomic mass is 9.77. The van der Waals surface area contributed by atoms with Crippen LogP contribution in [0.3, 0.4) is 0 Å². The van der Waals surface area contributed by atoms with Crippen molar-refractivity contribution in [1.82, 2.24) is 4.98 Å². The first kappa shape index (κ1) is 12.7. The molecule has 3 nitrogen and oxygen atoms in total. The number of nitrogens with one attached hydrogen (secondary N) is 1. The summed E-state index contributed by atoms with van der Waals surface area (Å²) in [5.74, 6) is 0. The Kier molecular flexibility index (Phi) is 2.91. The van der Waals surface area contributed by atoms with E-state index in [1.54, 1.807) is 0 Å². The van der Waals surface area contributed by atoms with Crippen LogP contribution in [-0.2, 0) is 10.3 Å². The smallest absolute Gasteiger partial charge is 0.0946 e. The third-order valence-electron chi connectivity index (χ3n) is 4.47. The molecule has 19 heavy (non-hydrogen) atoms. The summed E-state index contributed by atoms with van der Waals surface area (Å²) in [7, 11) is 0. The first-order valence-corrected chi connectivity index (χ1v) is 6.99. The molecule has 0 aliphatic carbocycles. The largest absolute Gasteiger partial charge is 0.385 e. The molecule has 1 fully saturated rings. The van der Waals surface area contributed by atoms with Crippen LogP contribution in [0, 0.1) is 0 Å². The van der Waals surface area contributed by atoms with Crippen molar-refractivity contribution in [2.75, 3.05) is 6.61 Å². The van der Waals surface area contributed by atoms with Gasteiger partial charge in [-0.25, -0.2) is 0 Å². The summed E-state index contributed by atoms with van der Waals surface area (Å²) in [6.45, 7) is 4.82. The second-order valence-corrected chi connectivity index (χ2v) is 5.89. The van der Waals surface area contributed by atoms with Crippen LogP contribution in [0.5, 0.6) is 0 Å². The minimum absolute atomic E-state index is 0.222. The van der Waals surface area contributed by atoms with Gasteiger partial charge in [-0.3, -0.25) is 0 Å². The monoisotopic (exact) mass is 259 g/mol. The quantitative estimate of drug-likeness (QED) is 0.869.